The van der Waals surface area contributed by atoms with Crippen molar-refractivity contribution in [1.29, 1.82) is 5.41 Å². The zero-order valence-corrected chi connectivity index (χ0v) is 24.1. The molecule has 3 atom stereocenters. The summed E-state index contributed by atoms with van der Waals surface area (Å²) < 4.78 is 0. The molecule has 3 aromatic rings. The summed E-state index contributed by atoms with van der Waals surface area (Å²) in [5.41, 5.74) is 12.0. The Labute approximate surface area is 238 Å². The van der Waals surface area contributed by atoms with Crippen molar-refractivity contribution in [2.24, 2.45) is 17.8 Å². The van der Waals surface area contributed by atoms with Crippen LogP contribution in [0.25, 0.3) is 0 Å². The molecular weight excluding hydrogens is 496 g/mol. The summed E-state index contributed by atoms with van der Waals surface area (Å²) >= 11 is 0. The number of anilines is 1. The van der Waals surface area contributed by atoms with Gasteiger partial charge in [0.25, 0.3) is 5.91 Å². The molecule has 1 heterocycles. The maximum Gasteiger partial charge on any atom is 0.251 e. The second-order valence-corrected chi connectivity index (χ2v) is 12.0. The number of nitrogens with two attached hydrogens (primary N) is 1. The van der Waals surface area contributed by atoms with E-state index in [0.717, 1.165) is 48.9 Å². The minimum atomic E-state index is -0.219. The van der Waals surface area contributed by atoms with Crippen molar-refractivity contribution >= 4 is 17.3 Å². The molecule has 2 aromatic carbocycles. The van der Waals surface area contributed by atoms with Crippen LogP contribution in [0, 0.1) is 23.2 Å². The van der Waals surface area contributed by atoms with Gasteiger partial charge in [-0.1, -0.05) is 63.9 Å². The minimum Gasteiger partial charge on any atom is -0.398 e. The fraction of sp³-hybridized carbons (Fsp3) is 0.441. The normalized spacial score (nSPS) is 19.3. The molecule has 1 aliphatic rings. The summed E-state index contributed by atoms with van der Waals surface area (Å²) in [5.74, 6) is 1.44. The fourth-order valence-corrected chi connectivity index (χ4v) is 5.76. The maximum absolute atomic E-state index is 13.0. The number of carbonyl (C=O) groups is 1. The third-order valence-electron chi connectivity index (χ3n) is 8.05. The summed E-state index contributed by atoms with van der Waals surface area (Å²) in [6, 6.07) is 17.2. The van der Waals surface area contributed by atoms with Gasteiger partial charge in [0.1, 0.15) is 0 Å². The molecule has 6 heteroatoms. The summed E-state index contributed by atoms with van der Waals surface area (Å²) in [7, 11) is 0. The number of pyridine rings is 1. The number of aryl methyl sites for hydroxylation is 1. The van der Waals surface area contributed by atoms with Gasteiger partial charge in [-0.15, -0.1) is 0 Å². The molecule has 5 N–H and O–H groups in total. The molecule has 1 aromatic heterocycles. The average molecular weight is 541 g/mol. The molecule has 40 heavy (non-hydrogen) atoms. The summed E-state index contributed by atoms with van der Waals surface area (Å²) in [6.07, 6.45) is 8.72. The van der Waals surface area contributed by atoms with E-state index >= 15 is 0 Å². The van der Waals surface area contributed by atoms with Crippen LogP contribution in [-0.2, 0) is 19.4 Å². The number of hydrogen-bond acceptors (Lipinski definition) is 5. The highest BCUT2D eigenvalue weighted by atomic mass is 16.3. The first kappa shape index (κ1) is 29.5. The van der Waals surface area contributed by atoms with Gasteiger partial charge in [0.2, 0.25) is 0 Å². The Morgan fingerprint density at radius 2 is 1.85 bits per heavy atom. The summed E-state index contributed by atoms with van der Waals surface area (Å²) in [5, 5.41) is 22.1. The van der Waals surface area contributed by atoms with Gasteiger partial charge >= 0.3 is 0 Å². The first-order valence-corrected chi connectivity index (χ1v) is 14.7. The summed E-state index contributed by atoms with van der Waals surface area (Å²) in [4.78, 5) is 17.5. The van der Waals surface area contributed by atoms with Crippen molar-refractivity contribution in [1.82, 2.24) is 10.3 Å². The van der Waals surface area contributed by atoms with Crippen LogP contribution in [0.5, 0.6) is 0 Å². The highest BCUT2D eigenvalue weighted by Gasteiger charge is 2.22. The van der Waals surface area contributed by atoms with Crippen LogP contribution in [0.1, 0.15) is 91.2 Å². The Morgan fingerprint density at radius 1 is 1.10 bits per heavy atom. The van der Waals surface area contributed by atoms with E-state index in [4.69, 9.17) is 11.1 Å². The van der Waals surface area contributed by atoms with Crippen LogP contribution < -0.4 is 11.1 Å². The number of aliphatic hydroxyl groups excluding tert-OH is 1. The standard InChI is InChI=1S/C34H44N4O2/c1-22(2)17-27-5-4-16-37-32(27)21-38-34(40)28-14-15-31(35)30(20-28)33(36)26-12-10-24(11-13-26)8-9-25-7-6-23(3)18-29(39)19-25/h4-5,10-16,20,22-23,25,29,36,39H,6-9,17-19,21,35H2,1-3H3,(H,38,40). The molecule has 212 valence electrons. The lowest BCUT2D eigenvalue weighted by molar-refractivity contribution is 0.0950. The largest absolute Gasteiger partial charge is 0.398 e. The SMILES string of the molecule is CC(C)Cc1cccnc1CNC(=O)c1ccc(N)c(C(=N)c2ccc(CCC3CCC(C)CC(O)C3)cc2)c1. The fourth-order valence-electron chi connectivity index (χ4n) is 5.76. The van der Waals surface area contributed by atoms with Gasteiger partial charge in [-0.2, -0.15) is 0 Å². The molecule has 1 amide bonds. The zero-order valence-electron chi connectivity index (χ0n) is 24.1. The van der Waals surface area contributed by atoms with Gasteiger partial charge in [0.05, 0.1) is 24.1 Å². The lowest BCUT2D eigenvalue weighted by Gasteiger charge is -2.16. The van der Waals surface area contributed by atoms with Crippen LogP contribution >= 0.6 is 0 Å². The monoisotopic (exact) mass is 540 g/mol. The van der Waals surface area contributed by atoms with Crippen LogP contribution in [0.2, 0.25) is 0 Å². The van der Waals surface area contributed by atoms with Crippen LogP contribution in [0.15, 0.2) is 60.8 Å². The van der Waals surface area contributed by atoms with Crippen LogP contribution in [-0.4, -0.2) is 27.8 Å². The number of benzene rings is 2. The van der Waals surface area contributed by atoms with E-state index in [2.05, 4.69) is 49.3 Å². The number of nitrogens with zero attached hydrogens (tertiary/aromatic N) is 1. The first-order valence-electron chi connectivity index (χ1n) is 14.7. The number of carbonyl (C=O) groups excluding carboxylic acids is 1. The smallest absolute Gasteiger partial charge is 0.251 e. The Bertz CT molecular complexity index is 1300. The van der Waals surface area contributed by atoms with Gasteiger partial charge < -0.3 is 16.2 Å². The van der Waals surface area contributed by atoms with Crippen molar-refractivity contribution in [3.05, 3.63) is 94.3 Å². The number of hydrogen-bond donors (Lipinski definition) is 4. The van der Waals surface area contributed by atoms with Crippen LogP contribution in [0.3, 0.4) is 0 Å². The van der Waals surface area contributed by atoms with E-state index in [1.807, 2.05) is 18.2 Å². The van der Waals surface area contributed by atoms with Gasteiger partial charge in [-0.3, -0.25) is 15.2 Å². The van der Waals surface area contributed by atoms with Crippen LogP contribution in [0.4, 0.5) is 5.69 Å². The first-order chi connectivity index (χ1) is 19.2. The highest BCUT2D eigenvalue weighted by Crippen LogP contribution is 2.30. The molecular formula is C34H44N4O2. The second-order valence-electron chi connectivity index (χ2n) is 12.0. The number of nitrogen functional groups attached to an aromatic ring is 1. The molecule has 0 saturated heterocycles. The molecule has 0 bridgehead atoms. The van der Waals surface area contributed by atoms with Crippen molar-refractivity contribution in [3.8, 4) is 0 Å². The second kappa shape index (κ2) is 13.7. The predicted octanol–water partition coefficient (Wildman–Crippen LogP) is 6.33. The Kier molecular flexibility index (Phi) is 10.1. The number of aromatic nitrogens is 1. The molecule has 1 fully saturated rings. The topological polar surface area (TPSA) is 112 Å². The Hall–Kier alpha value is -3.51. The zero-order chi connectivity index (χ0) is 28.6. The third kappa shape index (κ3) is 8.01. The number of aliphatic hydroxyl groups is 1. The molecule has 0 aliphatic heterocycles. The number of amides is 1. The molecule has 6 nitrogen and oxygen atoms in total. The van der Waals surface area contributed by atoms with Crippen molar-refractivity contribution in [2.45, 2.75) is 78.4 Å². The third-order valence-corrected chi connectivity index (χ3v) is 8.05. The molecule has 0 radical (unpaired) electrons. The van der Waals surface area contributed by atoms with E-state index in [9.17, 15) is 9.90 Å². The van der Waals surface area contributed by atoms with Gasteiger partial charge in [-0.05, 0) is 85.3 Å². The van der Waals surface area contributed by atoms with Gasteiger partial charge in [-0.25, -0.2) is 0 Å². The lowest BCUT2D eigenvalue weighted by Crippen LogP contribution is -2.24. The summed E-state index contributed by atoms with van der Waals surface area (Å²) in [6.45, 7) is 6.91. The molecule has 1 aliphatic carbocycles. The van der Waals surface area contributed by atoms with Crippen molar-refractivity contribution in [3.63, 3.8) is 0 Å². The molecule has 4 rings (SSSR count). The van der Waals surface area contributed by atoms with Crippen molar-refractivity contribution in [2.75, 3.05) is 5.73 Å². The molecule has 3 unspecified atom stereocenters. The minimum absolute atomic E-state index is 0.175. The van der Waals surface area contributed by atoms with Gasteiger partial charge in [0, 0.05) is 28.6 Å². The average Bonchev–Trinajstić information content (AvgIpc) is 3.10. The van der Waals surface area contributed by atoms with E-state index in [1.54, 1.807) is 24.4 Å². The lowest BCUT2D eigenvalue weighted by atomic mass is 9.91. The molecule has 0 spiro atoms. The van der Waals surface area contributed by atoms with E-state index in [1.165, 1.54) is 18.4 Å². The Balaban J connectivity index is 1.38. The van der Waals surface area contributed by atoms with E-state index < -0.39 is 0 Å². The number of nitrogens with one attached hydrogen (secondary N) is 2. The number of rotatable bonds is 10. The van der Waals surface area contributed by atoms with E-state index in [-0.39, 0.29) is 12.0 Å². The Morgan fingerprint density at radius 3 is 2.60 bits per heavy atom. The predicted molar refractivity (Wildman–Crippen MR) is 163 cm³/mol. The maximum atomic E-state index is 13.0. The van der Waals surface area contributed by atoms with Crippen molar-refractivity contribution < 1.29 is 9.90 Å². The molecule has 1 saturated carbocycles. The van der Waals surface area contributed by atoms with Gasteiger partial charge in [0.15, 0.2) is 0 Å². The quantitative estimate of drug-likeness (QED) is 0.137. The highest BCUT2D eigenvalue weighted by molar-refractivity contribution is 6.14. The van der Waals surface area contributed by atoms with E-state index in [0.29, 0.717) is 46.8 Å².